The summed E-state index contributed by atoms with van der Waals surface area (Å²) >= 11 is 4.29. The maximum Gasteiger partial charge on any atom is 0.295 e. The standard InChI is InChI=1S/C16H13BrN2O3S/c1-10-5-6-13(22-10)8-14-15(20)19(16(21)23-14)9-18-12-4-2-3-11(17)7-12/h2-8,18H,9H2,1H3/b14-8+. The maximum atomic E-state index is 12.3. The molecule has 1 aliphatic heterocycles. The molecule has 0 atom stereocenters. The van der Waals surface area contributed by atoms with Gasteiger partial charge in [0, 0.05) is 16.2 Å². The highest BCUT2D eigenvalue weighted by Crippen LogP contribution is 2.32. The van der Waals surface area contributed by atoms with E-state index in [9.17, 15) is 9.59 Å². The zero-order valence-corrected chi connectivity index (χ0v) is 14.6. The van der Waals surface area contributed by atoms with Gasteiger partial charge in [0.15, 0.2) is 0 Å². The summed E-state index contributed by atoms with van der Waals surface area (Å²) in [6.45, 7) is 1.95. The van der Waals surface area contributed by atoms with Crippen LogP contribution in [0.1, 0.15) is 11.5 Å². The molecule has 0 saturated carbocycles. The zero-order chi connectivity index (χ0) is 16.4. The molecular weight excluding hydrogens is 380 g/mol. The van der Waals surface area contributed by atoms with Crippen molar-refractivity contribution >= 4 is 50.6 Å². The number of hydrogen-bond acceptors (Lipinski definition) is 5. The first-order chi connectivity index (χ1) is 11.0. The van der Waals surface area contributed by atoms with Crippen molar-refractivity contribution in [3.63, 3.8) is 0 Å². The molecule has 5 nitrogen and oxygen atoms in total. The number of nitrogens with zero attached hydrogens (tertiary/aromatic N) is 1. The smallest absolute Gasteiger partial charge is 0.295 e. The van der Waals surface area contributed by atoms with E-state index in [0.29, 0.717) is 10.7 Å². The minimum absolute atomic E-state index is 0.121. The minimum Gasteiger partial charge on any atom is -0.462 e. The molecule has 7 heteroatoms. The van der Waals surface area contributed by atoms with Gasteiger partial charge >= 0.3 is 0 Å². The van der Waals surface area contributed by atoms with Crippen LogP contribution < -0.4 is 5.32 Å². The summed E-state index contributed by atoms with van der Waals surface area (Å²) in [5, 5.41) is 2.77. The van der Waals surface area contributed by atoms with Gasteiger partial charge in [0.25, 0.3) is 11.1 Å². The molecule has 1 fully saturated rings. The lowest BCUT2D eigenvalue weighted by atomic mass is 10.3. The quantitative estimate of drug-likeness (QED) is 0.778. The fraction of sp³-hybridized carbons (Fsp3) is 0.125. The molecule has 118 valence electrons. The summed E-state index contributed by atoms with van der Waals surface area (Å²) in [5.41, 5.74) is 0.823. The van der Waals surface area contributed by atoms with E-state index in [1.54, 1.807) is 12.1 Å². The van der Waals surface area contributed by atoms with Crippen molar-refractivity contribution in [1.29, 1.82) is 0 Å². The van der Waals surface area contributed by atoms with Gasteiger partial charge in [-0.1, -0.05) is 22.0 Å². The highest BCUT2D eigenvalue weighted by atomic mass is 79.9. The molecule has 2 amide bonds. The SMILES string of the molecule is Cc1ccc(/C=C2/SC(=O)N(CNc3cccc(Br)c3)C2=O)o1. The van der Waals surface area contributed by atoms with E-state index in [4.69, 9.17) is 4.42 Å². The van der Waals surface area contributed by atoms with Crippen molar-refractivity contribution in [2.24, 2.45) is 0 Å². The van der Waals surface area contributed by atoms with E-state index < -0.39 is 0 Å². The molecule has 0 aliphatic carbocycles. The molecule has 0 bridgehead atoms. The highest BCUT2D eigenvalue weighted by Gasteiger charge is 2.35. The second kappa shape index (κ2) is 6.64. The lowest BCUT2D eigenvalue weighted by molar-refractivity contribution is -0.122. The van der Waals surface area contributed by atoms with Crippen molar-refractivity contribution in [3.05, 3.63) is 57.3 Å². The van der Waals surface area contributed by atoms with E-state index in [1.165, 1.54) is 4.90 Å². The summed E-state index contributed by atoms with van der Waals surface area (Å²) in [5.74, 6) is 0.997. The average molecular weight is 393 g/mol. The first kappa shape index (κ1) is 15.9. The number of aryl methyl sites for hydroxylation is 1. The van der Waals surface area contributed by atoms with Crippen LogP contribution in [0.25, 0.3) is 6.08 Å². The molecule has 0 radical (unpaired) electrons. The number of halogens is 1. The third-order valence-corrected chi connectivity index (χ3v) is 4.57. The number of amides is 2. The first-order valence-corrected chi connectivity index (χ1v) is 8.45. The van der Waals surface area contributed by atoms with Crippen molar-refractivity contribution in [1.82, 2.24) is 4.90 Å². The Morgan fingerprint density at radius 3 is 2.83 bits per heavy atom. The Labute approximate surface area is 145 Å². The second-order valence-corrected chi connectivity index (χ2v) is 6.81. The first-order valence-electron chi connectivity index (χ1n) is 6.84. The molecule has 2 aromatic rings. The number of rotatable bonds is 4. The van der Waals surface area contributed by atoms with Crippen LogP contribution in [0.3, 0.4) is 0 Å². The van der Waals surface area contributed by atoms with Crippen LogP contribution in [0.15, 0.2) is 50.2 Å². The monoisotopic (exact) mass is 392 g/mol. The summed E-state index contributed by atoms with van der Waals surface area (Å²) in [7, 11) is 0. The highest BCUT2D eigenvalue weighted by molar-refractivity contribution is 9.10. The molecule has 1 saturated heterocycles. The number of hydrogen-bond donors (Lipinski definition) is 1. The van der Waals surface area contributed by atoms with Gasteiger partial charge in [-0.15, -0.1) is 0 Å². The van der Waals surface area contributed by atoms with Crippen molar-refractivity contribution in [2.45, 2.75) is 6.92 Å². The van der Waals surface area contributed by atoms with Crippen LogP contribution in [-0.2, 0) is 4.79 Å². The largest absolute Gasteiger partial charge is 0.462 e. The number of benzene rings is 1. The van der Waals surface area contributed by atoms with Crippen molar-refractivity contribution < 1.29 is 14.0 Å². The Kier molecular flexibility index (Phi) is 4.58. The van der Waals surface area contributed by atoms with Crippen LogP contribution in [0.5, 0.6) is 0 Å². The fourth-order valence-electron chi connectivity index (χ4n) is 2.07. The number of anilines is 1. The van der Waals surface area contributed by atoms with E-state index in [1.807, 2.05) is 37.3 Å². The summed E-state index contributed by atoms with van der Waals surface area (Å²) in [4.78, 5) is 25.9. The van der Waals surface area contributed by atoms with Crippen molar-refractivity contribution in [3.8, 4) is 0 Å². The Morgan fingerprint density at radius 2 is 2.13 bits per heavy atom. The molecule has 1 aliphatic rings. The van der Waals surface area contributed by atoms with Crippen LogP contribution in [0, 0.1) is 6.92 Å². The molecule has 3 rings (SSSR count). The lowest BCUT2D eigenvalue weighted by Crippen LogP contribution is -2.33. The lowest BCUT2D eigenvalue weighted by Gasteiger charge is -2.14. The number of imide groups is 1. The molecule has 1 aromatic heterocycles. The molecule has 23 heavy (non-hydrogen) atoms. The molecule has 1 N–H and O–H groups in total. The molecular formula is C16H13BrN2O3S. The summed E-state index contributed by atoms with van der Waals surface area (Å²) < 4.78 is 6.34. The fourth-order valence-corrected chi connectivity index (χ4v) is 3.28. The third kappa shape index (κ3) is 3.68. The number of carbonyl (C=O) groups is 2. The Bertz CT molecular complexity index is 800. The molecule has 0 unspecified atom stereocenters. The average Bonchev–Trinajstić information content (AvgIpc) is 3.02. The van der Waals surface area contributed by atoms with E-state index in [0.717, 1.165) is 27.7 Å². The number of nitrogens with one attached hydrogen (secondary N) is 1. The summed E-state index contributed by atoms with van der Waals surface area (Å²) in [6.07, 6.45) is 1.59. The Morgan fingerprint density at radius 1 is 1.30 bits per heavy atom. The van der Waals surface area contributed by atoms with E-state index >= 15 is 0 Å². The van der Waals surface area contributed by atoms with Crippen LogP contribution >= 0.6 is 27.7 Å². The van der Waals surface area contributed by atoms with Gasteiger partial charge < -0.3 is 9.73 Å². The maximum absolute atomic E-state index is 12.3. The van der Waals surface area contributed by atoms with Gasteiger partial charge in [-0.2, -0.15) is 0 Å². The van der Waals surface area contributed by atoms with Gasteiger partial charge in [0.2, 0.25) is 0 Å². The predicted octanol–water partition coefficient (Wildman–Crippen LogP) is 4.46. The van der Waals surface area contributed by atoms with Gasteiger partial charge in [-0.25, -0.2) is 0 Å². The van der Waals surface area contributed by atoms with Gasteiger partial charge in [0.05, 0.1) is 11.6 Å². The van der Waals surface area contributed by atoms with Crippen molar-refractivity contribution in [2.75, 3.05) is 12.0 Å². The van der Waals surface area contributed by atoms with Crippen LogP contribution in [-0.4, -0.2) is 22.7 Å². The van der Waals surface area contributed by atoms with Gasteiger partial charge in [-0.05, 0) is 49.0 Å². The normalized spacial score (nSPS) is 16.4. The number of thioether (sulfide) groups is 1. The molecule has 1 aromatic carbocycles. The van der Waals surface area contributed by atoms with Gasteiger partial charge in [-0.3, -0.25) is 14.5 Å². The number of carbonyl (C=O) groups excluding carboxylic acids is 2. The van der Waals surface area contributed by atoms with Crippen LogP contribution in [0.2, 0.25) is 0 Å². The predicted molar refractivity (Wildman–Crippen MR) is 93.9 cm³/mol. The third-order valence-electron chi connectivity index (χ3n) is 3.17. The van der Waals surface area contributed by atoms with Crippen LogP contribution in [0.4, 0.5) is 10.5 Å². The second-order valence-electron chi connectivity index (χ2n) is 4.90. The molecule has 0 spiro atoms. The van der Waals surface area contributed by atoms with E-state index in [-0.39, 0.29) is 17.8 Å². The minimum atomic E-state index is -0.323. The summed E-state index contributed by atoms with van der Waals surface area (Å²) in [6, 6.07) is 11.1. The number of furan rings is 1. The van der Waals surface area contributed by atoms with E-state index in [2.05, 4.69) is 21.2 Å². The van der Waals surface area contributed by atoms with Gasteiger partial charge in [0.1, 0.15) is 11.5 Å². The topological polar surface area (TPSA) is 62.6 Å². The Balaban J connectivity index is 1.70. The Hall–Kier alpha value is -1.99. The zero-order valence-electron chi connectivity index (χ0n) is 12.2. The molecule has 2 heterocycles.